The van der Waals surface area contributed by atoms with Crippen LogP contribution in [0.1, 0.15) is 18.4 Å². The molecule has 0 radical (unpaired) electrons. The SMILES string of the molecule is O=C(/C=C/c1ccc(O)c(O)c1)OC1CC(C(=O)O)CC(O)C1(O)O. The molecule has 0 aliphatic heterocycles. The van der Waals surface area contributed by atoms with Crippen molar-refractivity contribution in [2.24, 2.45) is 5.92 Å². The maximum absolute atomic E-state index is 11.8. The number of ether oxygens (including phenoxy) is 1. The molecule has 3 atom stereocenters. The molecule has 0 amide bonds. The molecule has 0 saturated heterocycles. The minimum Gasteiger partial charge on any atom is -0.504 e. The normalized spacial score (nSPS) is 25.6. The van der Waals surface area contributed by atoms with Crippen molar-refractivity contribution in [3.8, 4) is 11.5 Å². The van der Waals surface area contributed by atoms with Gasteiger partial charge in [-0.15, -0.1) is 0 Å². The Hall–Kier alpha value is -2.62. The number of aromatic hydroxyl groups is 2. The smallest absolute Gasteiger partial charge is 0.331 e. The summed E-state index contributed by atoms with van der Waals surface area (Å²) in [5.74, 6) is -6.81. The van der Waals surface area contributed by atoms with Crippen LogP contribution in [0.25, 0.3) is 6.08 Å². The van der Waals surface area contributed by atoms with Crippen molar-refractivity contribution in [3.63, 3.8) is 0 Å². The lowest BCUT2D eigenvalue weighted by atomic mass is 9.81. The third-order valence-corrected chi connectivity index (χ3v) is 3.99. The summed E-state index contributed by atoms with van der Waals surface area (Å²) in [5.41, 5.74) is 0.360. The highest BCUT2D eigenvalue weighted by Crippen LogP contribution is 2.33. The van der Waals surface area contributed by atoms with Crippen LogP contribution in [0.4, 0.5) is 0 Å². The second kappa shape index (κ2) is 7.09. The van der Waals surface area contributed by atoms with Gasteiger partial charge in [0.05, 0.1) is 5.92 Å². The predicted molar refractivity (Wildman–Crippen MR) is 82.2 cm³/mol. The second-order valence-corrected chi connectivity index (χ2v) is 5.81. The van der Waals surface area contributed by atoms with E-state index >= 15 is 0 Å². The topological polar surface area (TPSA) is 165 Å². The summed E-state index contributed by atoms with van der Waals surface area (Å²) in [4.78, 5) is 22.9. The number of esters is 1. The molecule has 1 aliphatic carbocycles. The van der Waals surface area contributed by atoms with E-state index in [1.54, 1.807) is 0 Å². The van der Waals surface area contributed by atoms with E-state index in [-0.39, 0.29) is 24.3 Å². The summed E-state index contributed by atoms with van der Waals surface area (Å²) in [5, 5.41) is 56.9. The monoisotopic (exact) mass is 354 g/mol. The van der Waals surface area contributed by atoms with Gasteiger partial charge in [0.2, 0.25) is 5.79 Å². The fourth-order valence-corrected chi connectivity index (χ4v) is 2.51. The van der Waals surface area contributed by atoms with Gasteiger partial charge in [0, 0.05) is 12.5 Å². The lowest BCUT2D eigenvalue weighted by Crippen LogP contribution is -2.59. The highest BCUT2D eigenvalue weighted by molar-refractivity contribution is 5.87. The Labute approximate surface area is 142 Å². The molecule has 9 heteroatoms. The average Bonchev–Trinajstić information content (AvgIpc) is 2.53. The fourth-order valence-electron chi connectivity index (χ4n) is 2.51. The Balaban J connectivity index is 2.07. The molecule has 136 valence electrons. The molecule has 3 unspecified atom stereocenters. The number of phenolic OH excluding ortho intramolecular Hbond substituents is 2. The van der Waals surface area contributed by atoms with Crippen molar-refractivity contribution in [3.05, 3.63) is 29.8 Å². The molecule has 1 fully saturated rings. The minimum absolute atomic E-state index is 0.332. The molecule has 0 spiro atoms. The number of hydrogen-bond donors (Lipinski definition) is 6. The third kappa shape index (κ3) is 4.27. The molecule has 9 nitrogen and oxygen atoms in total. The molecular weight excluding hydrogens is 336 g/mol. The molecule has 2 rings (SSSR count). The summed E-state index contributed by atoms with van der Waals surface area (Å²) < 4.78 is 4.87. The number of carbonyl (C=O) groups is 2. The number of phenols is 2. The molecule has 0 bridgehead atoms. The van der Waals surface area contributed by atoms with Crippen molar-refractivity contribution in [1.82, 2.24) is 0 Å². The number of rotatable bonds is 4. The largest absolute Gasteiger partial charge is 0.504 e. The molecule has 0 heterocycles. The van der Waals surface area contributed by atoms with Crippen LogP contribution in [-0.4, -0.2) is 60.6 Å². The second-order valence-electron chi connectivity index (χ2n) is 5.81. The van der Waals surface area contributed by atoms with E-state index in [2.05, 4.69) is 0 Å². The average molecular weight is 354 g/mol. The maximum Gasteiger partial charge on any atom is 0.331 e. The molecule has 1 aliphatic rings. The first-order valence-electron chi connectivity index (χ1n) is 7.37. The zero-order valence-electron chi connectivity index (χ0n) is 12.9. The van der Waals surface area contributed by atoms with E-state index < -0.39 is 35.9 Å². The Morgan fingerprint density at radius 3 is 2.44 bits per heavy atom. The quantitative estimate of drug-likeness (QED) is 0.182. The Kier molecular flexibility index (Phi) is 5.31. The van der Waals surface area contributed by atoms with Crippen LogP contribution in [0.5, 0.6) is 11.5 Å². The first-order valence-corrected chi connectivity index (χ1v) is 7.37. The van der Waals surface area contributed by atoms with Crippen LogP contribution in [-0.2, 0) is 14.3 Å². The van der Waals surface area contributed by atoms with E-state index in [0.29, 0.717) is 5.56 Å². The molecule has 1 aromatic carbocycles. The maximum atomic E-state index is 11.8. The highest BCUT2D eigenvalue weighted by Gasteiger charge is 2.51. The van der Waals surface area contributed by atoms with Crippen molar-refractivity contribution >= 4 is 18.0 Å². The van der Waals surface area contributed by atoms with E-state index in [4.69, 9.17) is 9.84 Å². The number of aliphatic hydroxyl groups is 3. The highest BCUT2D eigenvalue weighted by atomic mass is 16.6. The first-order chi connectivity index (χ1) is 11.6. The van der Waals surface area contributed by atoms with Crippen molar-refractivity contribution in [2.45, 2.75) is 30.8 Å². The zero-order valence-corrected chi connectivity index (χ0v) is 12.9. The number of hydrogen-bond acceptors (Lipinski definition) is 8. The van der Waals surface area contributed by atoms with Crippen LogP contribution >= 0.6 is 0 Å². The van der Waals surface area contributed by atoms with Crippen molar-refractivity contribution in [1.29, 1.82) is 0 Å². The summed E-state index contributed by atoms with van der Waals surface area (Å²) in [6.07, 6.45) is -1.97. The van der Waals surface area contributed by atoms with Gasteiger partial charge in [-0.2, -0.15) is 0 Å². The zero-order chi connectivity index (χ0) is 18.8. The number of aliphatic carboxylic acids is 1. The Morgan fingerprint density at radius 1 is 1.16 bits per heavy atom. The Morgan fingerprint density at radius 2 is 1.84 bits per heavy atom. The van der Waals surface area contributed by atoms with Gasteiger partial charge in [-0.25, -0.2) is 4.79 Å². The van der Waals surface area contributed by atoms with Gasteiger partial charge in [0.25, 0.3) is 0 Å². The van der Waals surface area contributed by atoms with E-state index in [0.717, 1.165) is 6.08 Å². The van der Waals surface area contributed by atoms with E-state index in [1.807, 2.05) is 0 Å². The predicted octanol–water partition coefficient (Wildman–Crippen LogP) is -0.441. The molecular formula is C16H18O9. The summed E-state index contributed by atoms with van der Waals surface area (Å²) in [6, 6.07) is 3.81. The van der Waals surface area contributed by atoms with Crippen LogP contribution in [0.15, 0.2) is 24.3 Å². The van der Waals surface area contributed by atoms with Gasteiger partial charge in [-0.1, -0.05) is 6.07 Å². The van der Waals surface area contributed by atoms with E-state index in [1.165, 1.54) is 24.3 Å². The Bertz CT molecular complexity index is 695. The minimum atomic E-state index is -2.76. The van der Waals surface area contributed by atoms with Gasteiger partial charge in [-0.3, -0.25) is 4.79 Å². The number of carbonyl (C=O) groups excluding carboxylic acids is 1. The summed E-state index contributed by atoms with van der Waals surface area (Å²) in [6.45, 7) is 0. The number of aliphatic hydroxyl groups excluding tert-OH is 1. The van der Waals surface area contributed by atoms with E-state index in [9.17, 15) is 35.1 Å². The third-order valence-electron chi connectivity index (χ3n) is 3.99. The molecule has 25 heavy (non-hydrogen) atoms. The molecule has 6 N–H and O–H groups in total. The van der Waals surface area contributed by atoms with Crippen molar-refractivity contribution in [2.75, 3.05) is 0 Å². The molecule has 1 saturated carbocycles. The van der Waals surface area contributed by atoms with Crippen LogP contribution in [0, 0.1) is 5.92 Å². The van der Waals surface area contributed by atoms with Crippen molar-refractivity contribution < 1.29 is 45.0 Å². The molecule has 1 aromatic rings. The van der Waals surface area contributed by atoms with Gasteiger partial charge >= 0.3 is 11.9 Å². The van der Waals surface area contributed by atoms with Gasteiger partial charge in [0.15, 0.2) is 17.6 Å². The fraction of sp³-hybridized carbons (Fsp3) is 0.375. The standard InChI is InChI=1S/C16H18O9/c17-10-3-1-8(5-11(10)18)2-4-14(20)25-13-7-9(15(21)22)6-12(19)16(13,23)24/h1-5,9,12-13,17-19,23-24H,6-7H2,(H,21,22)/b4-2+. The molecule has 0 aromatic heterocycles. The number of carboxylic acid groups (broad SMARTS) is 1. The lowest BCUT2D eigenvalue weighted by molar-refractivity contribution is -0.296. The van der Waals surface area contributed by atoms with Gasteiger partial charge < -0.3 is 35.4 Å². The summed E-state index contributed by atoms with van der Waals surface area (Å²) in [7, 11) is 0. The summed E-state index contributed by atoms with van der Waals surface area (Å²) >= 11 is 0. The van der Waals surface area contributed by atoms with Crippen LogP contribution in [0.3, 0.4) is 0 Å². The first kappa shape index (κ1) is 18.7. The van der Waals surface area contributed by atoms with Crippen LogP contribution < -0.4 is 0 Å². The number of benzene rings is 1. The van der Waals surface area contributed by atoms with Crippen LogP contribution in [0.2, 0.25) is 0 Å². The van der Waals surface area contributed by atoms with Gasteiger partial charge in [0.1, 0.15) is 6.10 Å². The lowest BCUT2D eigenvalue weighted by Gasteiger charge is -2.40. The number of carboxylic acids is 1. The van der Waals surface area contributed by atoms with Gasteiger partial charge in [-0.05, 0) is 30.2 Å².